The van der Waals surface area contributed by atoms with Crippen LogP contribution < -0.4 is 5.32 Å². The molecule has 1 N–H and O–H groups in total. The van der Waals surface area contributed by atoms with Gasteiger partial charge in [-0.25, -0.2) is 0 Å². The van der Waals surface area contributed by atoms with Crippen molar-refractivity contribution in [3.63, 3.8) is 0 Å². The van der Waals surface area contributed by atoms with Crippen LogP contribution in [0.5, 0.6) is 0 Å². The molecular formula is C11H14N4S. The summed E-state index contributed by atoms with van der Waals surface area (Å²) >= 11 is 1.27. The van der Waals surface area contributed by atoms with Gasteiger partial charge >= 0.3 is 0 Å². The minimum absolute atomic E-state index is 0.763. The molecule has 0 fully saturated rings. The molecule has 1 heterocycles. The fourth-order valence-electron chi connectivity index (χ4n) is 1.85. The van der Waals surface area contributed by atoms with E-state index >= 15 is 0 Å². The Labute approximate surface area is 98.9 Å². The van der Waals surface area contributed by atoms with Gasteiger partial charge in [0.25, 0.3) is 0 Å². The summed E-state index contributed by atoms with van der Waals surface area (Å²) in [6, 6.07) is 4.39. The van der Waals surface area contributed by atoms with E-state index in [0.29, 0.717) is 0 Å². The van der Waals surface area contributed by atoms with Crippen LogP contribution in [-0.4, -0.2) is 14.8 Å². The molecule has 0 saturated carbocycles. The van der Waals surface area contributed by atoms with Gasteiger partial charge in [-0.05, 0) is 42.7 Å². The van der Waals surface area contributed by atoms with E-state index in [9.17, 15) is 0 Å². The molecular weight excluding hydrogens is 220 g/mol. The summed E-state index contributed by atoms with van der Waals surface area (Å²) in [6.07, 6.45) is 0. The Morgan fingerprint density at radius 1 is 1.19 bits per heavy atom. The van der Waals surface area contributed by atoms with Gasteiger partial charge < -0.3 is 5.32 Å². The Balaban J connectivity index is 2.15. The third-order valence-corrected chi connectivity index (χ3v) is 3.11. The van der Waals surface area contributed by atoms with Crippen molar-refractivity contribution < 1.29 is 0 Å². The fourth-order valence-corrected chi connectivity index (χ4v) is 2.21. The summed E-state index contributed by atoms with van der Waals surface area (Å²) in [5.41, 5.74) is 5.24. The molecule has 4 nitrogen and oxygen atoms in total. The van der Waals surface area contributed by atoms with Crippen LogP contribution in [0.1, 0.15) is 22.3 Å². The van der Waals surface area contributed by atoms with Gasteiger partial charge in [0, 0.05) is 18.1 Å². The molecule has 0 aliphatic carbocycles. The van der Waals surface area contributed by atoms with Crippen molar-refractivity contribution >= 4 is 16.7 Å². The van der Waals surface area contributed by atoms with Gasteiger partial charge in [0.1, 0.15) is 0 Å². The van der Waals surface area contributed by atoms with Crippen LogP contribution >= 0.6 is 11.5 Å². The van der Waals surface area contributed by atoms with Gasteiger partial charge in [-0.2, -0.15) is 0 Å². The van der Waals surface area contributed by atoms with Crippen molar-refractivity contribution in [3.8, 4) is 0 Å². The predicted molar refractivity (Wildman–Crippen MR) is 65.7 cm³/mol. The van der Waals surface area contributed by atoms with E-state index in [-0.39, 0.29) is 0 Å². The lowest BCUT2D eigenvalue weighted by Gasteiger charge is -2.11. The van der Waals surface area contributed by atoms with Gasteiger partial charge in [0.15, 0.2) is 0 Å². The molecule has 0 amide bonds. The van der Waals surface area contributed by atoms with Crippen LogP contribution in [-0.2, 0) is 6.54 Å². The molecule has 0 spiro atoms. The van der Waals surface area contributed by atoms with Crippen molar-refractivity contribution in [3.05, 3.63) is 34.4 Å². The number of nitrogens with zero attached hydrogens (tertiary/aromatic N) is 3. The van der Waals surface area contributed by atoms with Crippen LogP contribution in [0.25, 0.3) is 0 Å². The molecule has 2 rings (SSSR count). The smallest absolute Gasteiger partial charge is 0.225 e. The molecule has 5 heteroatoms. The van der Waals surface area contributed by atoms with E-state index in [0.717, 1.165) is 11.7 Å². The van der Waals surface area contributed by atoms with Crippen LogP contribution in [0, 0.1) is 20.8 Å². The first-order valence-electron chi connectivity index (χ1n) is 5.12. The summed E-state index contributed by atoms with van der Waals surface area (Å²) in [5.74, 6) is 0. The highest BCUT2D eigenvalue weighted by molar-refractivity contribution is 7.09. The lowest BCUT2D eigenvalue weighted by molar-refractivity contribution is 0.948. The first-order valence-corrected chi connectivity index (χ1v) is 5.90. The predicted octanol–water partition coefficient (Wildman–Crippen LogP) is 2.47. The number of aryl methyl sites for hydroxylation is 3. The molecule has 0 atom stereocenters. The Bertz CT molecular complexity index is 456. The third-order valence-electron chi connectivity index (χ3n) is 2.56. The average Bonchev–Trinajstić information content (AvgIpc) is 2.68. The molecule has 16 heavy (non-hydrogen) atoms. The minimum atomic E-state index is 0.763. The summed E-state index contributed by atoms with van der Waals surface area (Å²) in [6.45, 7) is 7.16. The summed E-state index contributed by atoms with van der Waals surface area (Å²) in [4.78, 5) is 0. The highest BCUT2D eigenvalue weighted by atomic mass is 32.1. The van der Waals surface area contributed by atoms with Gasteiger partial charge in [-0.15, -0.1) is 0 Å². The zero-order valence-corrected chi connectivity index (χ0v) is 10.4. The lowest BCUT2D eigenvalue weighted by Crippen LogP contribution is -2.03. The maximum absolute atomic E-state index is 3.85. The number of rotatable bonds is 3. The molecule has 0 saturated heterocycles. The number of benzene rings is 1. The van der Waals surface area contributed by atoms with Crippen molar-refractivity contribution in [2.24, 2.45) is 0 Å². The van der Waals surface area contributed by atoms with Crippen LogP contribution in [0.4, 0.5) is 5.13 Å². The summed E-state index contributed by atoms with van der Waals surface area (Å²) in [5, 5.41) is 11.4. The Hall–Kier alpha value is -1.49. The highest BCUT2D eigenvalue weighted by Crippen LogP contribution is 2.18. The quantitative estimate of drug-likeness (QED) is 0.886. The van der Waals surface area contributed by atoms with E-state index in [2.05, 4.69) is 53.0 Å². The Morgan fingerprint density at radius 2 is 1.88 bits per heavy atom. The van der Waals surface area contributed by atoms with Crippen LogP contribution in [0.2, 0.25) is 0 Å². The molecule has 1 aromatic carbocycles. The molecule has 2 aromatic rings. The molecule has 0 unspecified atom stereocenters. The first-order chi connectivity index (χ1) is 7.66. The molecule has 84 valence electrons. The molecule has 1 aromatic heterocycles. The van der Waals surface area contributed by atoms with E-state index in [1.165, 1.54) is 33.8 Å². The summed E-state index contributed by atoms with van der Waals surface area (Å²) in [7, 11) is 0. The topological polar surface area (TPSA) is 50.7 Å². The van der Waals surface area contributed by atoms with E-state index in [4.69, 9.17) is 0 Å². The average molecular weight is 234 g/mol. The third kappa shape index (κ3) is 2.36. The van der Waals surface area contributed by atoms with E-state index < -0.39 is 0 Å². The van der Waals surface area contributed by atoms with Gasteiger partial charge in [0.05, 0.1) is 0 Å². The second-order valence-corrected chi connectivity index (χ2v) is 4.63. The van der Waals surface area contributed by atoms with E-state index in [1.54, 1.807) is 0 Å². The van der Waals surface area contributed by atoms with Crippen molar-refractivity contribution in [2.75, 3.05) is 5.32 Å². The van der Waals surface area contributed by atoms with Crippen molar-refractivity contribution in [1.29, 1.82) is 0 Å². The zero-order valence-electron chi connectivity index (χ0n) is 9.61. The standard InChI is InChI=1S/C11H14N4S/c1-7-4-8(2)10(9(3)5-7)6-12-11-13-14-15-16-11/h4-5H,6H2,1-3H3,(H,12,13,15). The number of aromatic nitrogens is 3. The van der Waals surface area contributed by atoms with Gasteiger partial charge in [0.2, 0.25) is 5.13 Å². The molecule has 0 radical (unpaired) electrons. The maximum Gasteiger partial charge on any atom is 0.225 e. The fraction of sp³-hybridized carbons (Fsp3) is 0.364. The van der Waals surface area contributed by atoms with Gasteiger partial charge in [-0.1, -0.05) is 27.3 Å². The monoisotopic (exact) mass is 234 g/mol. The van der Waals surface area contributed by atoms with Crippen molar-refractivity contribution in [2.45, 2.75) is 27.3 Å². The number of hydrogen-bond donors (Lipinski definition) is 1. The summed E-state index contributed by atoms with van der Waals surface area (Å²) < 4.78 is 3.71. The number of nitrogens with one attached hydrogen (secondary N) is 1. The van der Waals surface area contributed by atoms with Crippen LogP contribution in [0.3, 0.4) is 0 Å². The number of hydrogen-bond acceptors (Lipinski definition) is 5. The van der Waals surface area contributed by atoms with Crippen molar-refractivity contribution in [1.82, 2.24) is 14.8 Å². The largest absolute Gasteiger partial charge is 0.355 e. The molecule has 0 aliphatic rings. The highest BCUT2D eigenvalue weighted by Gasteiger charge is 2.04. The normalized spacial score (nSPS) is 10.4. The molecule has 0 bridgehead atoms. The zero-order chi connectivity index (χ0) is 11.5. The molecule has 0 aliphatic heterocycles. The van der Waals surface area contributed by atoms with E-state index in [1.807, 2.05) is 0 Å². The van der Waals surface area contributed by atoms with Gasteiger partial charge in [-0.3, -0.25) is 0 Å². The van der Waals surface area contributed by atoms with Crippen LogP contribution in [0.15, 0.2) is 12.1 Å². The lowest BCUT2D eigenvalue weighted by atomic mass is 10.00. The second-order valence-electron chi connectivity index (χ2n) is 3.90. The SMILES string of the molecule is Cc1cc(C)c(CNc2nnns2)c(C)c1. The Kier molecular flexibility index (Phi) is 3.14. The second kappa shape index (κ2) is 4.57. The number of anilines is 1. The minimum Gasteiger partial charge on any atom is -0.355 e. The maximum atomic E-state index is 3.85. The Morgan fingerprint density at radius 3 is 2.44 bits per heavy atom. The first kappa shape index (κ1) is 11.0.